The summed E-state index contributed by atoms with van der Waals surface area (Å²) >= 11 is 0. The Morgan fingerprint density at radius 3 is 2.65 bits per heavy atom. The van der Waals surface area contributed by atoms with Gasteiger partial charge in [0.15, 0.2) is 5.82 Å². The smallest absolute Gasteiger partial charge is 0.253 e. The van der Waals surface area contributed by atoms with Gasteiger partial charge in [-0.1, -0.05) is 31.9 Å². The lowest BCUT2D eigenvalue weighted by atomic mass is 9.94. The van der Waals surface area contributed by atoms with Gasteiger partial charge in [-0.05, 0) is 79.6 Å². The van der Waals surface area contributed by atoms with Crippen molar-refractivity contribution in [2.75, 3.05) is 13.1 Å². The number of fused-ring (bicyclic) bond motifs is 1. The van der Waals surface area contributed by atoms with Crippen molar-refractivity contribution in [3.8, 4) is 0 Å². The van der Waals surface area contributed by atoms with Gasteiger partial charge >= 0.3 is 0 Å². The molecule has 3 heterocycles. The van der Waals surface area contributed by atoms with E-state index in [1.165, 1.54) is 24.8 Å². The minimum absolute atomic E-state index is 0.0367. The fourth-order valence-electron chi connectivity index (χ4n) is 5.54. The molecule has 0 radical (unpaired) electrons. The standard InChI is InChI=1S/C24H32N6O/c1-15-7-6-12-29(14-15)22(23-26-27-28-30(23)18-8-4-5-9-18)20-13-19-16(2)10-11-17(3)21(19)25-24(20)31/h10-11,13,15,18,22H,4-9,12,14H2,1-3H3,(H,25,31)/t15-,22-/m0/s1. The third kappa shape index (κ3) is 3.69. The molecule has 2 aromatic heterocycles. The van der Waals surface area contributed by atoms with E-state index in [-0.39, 0.29) is 11.6 Å². The first-order valence-electron chi connectivity index (χ1n) is 11.7. The number of nitrogens with zero attached hydrogens (tertiary/aromatic N) is 5. The van der Waals surface area contributed by atoms with E-state index in [1.807, 2.05) is 11.6 Å². The van der Waals surface area contributed by atoms with Crippen LogP contribution in [-0.4, -0.2) is 43.2 Å². The van der Waals surface area contributed by atoms with Gasteiger partial charge in [0.05, 0.1) is 11.6 Å². The van der Waals surface area contributed by atoms with E-state index in [4.69, 9.17) is 0 Å². The van der Waals surface area contributed by atoms with E-state index in [0.29, 0.717) is 12.0 Å². The molecule has 0 bridgehead atoms. The van der Waals surface area contributed by atoms with Gasteiger partial charge in [0.1, 0.15) is 6.04 Å². The number of H-pyrrole nitrogens is 1. The topological polar surface area (TPSA) is 79.7 Å². The van der Waals surface area contributed by atoms with Crippen LogP contribution in [-0.2, 0) is 0 Å². The maximum Gasteiger partial charge on any atom is 0.253 e. The number of tetrazole rings is 1. The van der Waals surface area contributed by atoms with Gasteiger partial charge in [-0.15, -0.1) is 5.10 Å². The maximum atomic E-state index is 13.4. The molecule has 7 nitrogen and oxygen atoms in total. The van der Waals surface area contributed by atoms with Crippen LogP contribution in [0.15, 0.2) is 23.0 Å². The van der Waals surface area contributed by atoms with Crippen LogP contribution in [0.25, 0.3) is 10.9 Å². The molecule has 0 spiro atoms. The number of hydrogen-bond donors (Lipinski definition) is 1. The van der Waals surface area contributed by atoms with Crippen LogP contribution in [0.2, 0.25) is 0 Å². The molecule has 5 rings (SSSR count). The van der Waals surface area contributed by atoms with E-state index in [9.17, 15) is 4.79 Å². The fraction of sp³-hybridized carbons (Fsp3) is 0.583. The van der Waals surface area contributed by atoms with E-state index in [0.717, 1.165) is 60.2 Å². The highest BCUT2D eigenvalue weighted by Crippen LogP contribution is 2.35. The van der Waals surface area contributed by atoms with Crippen LogP contribution in [0.5, 0.6) is 0 Å². The molecule has 0 unspecified atom stereocenters. The predicted octanol–water partition coefficient (Wildman–Crippen LogP) is 4.07. The Morgan fingerprint density at radius 1 is 1.10 bits per heavy atom. The first-order valence-corrected chi connectivity index (χ1v) is 11.7. The van der Waals surface area contributed by atoms with Crippen molar-refractivity contribution in [3.63, 3.8) is 0 Å². The molecular weight excluding hydrogens is 388 g/mol. The van der Waals surface area contributed by atoms with Crippen LogP contribution in [0.3, 0.4) is 0 Å². The Labute approximate surface area is 182 Å². The molecule has 1 aromatic carbocycles. The summed E-state index contributed by atoms with van der Waals surface area (Å²) < 4.78 is 2.02. The lowest BCUT2D eigenvalue weighted by Crippen LogP contribution is -2.41. The van der Waals surface area contributed by atoms with Crippen LogP contribution in [0.1, 0.15) is 80.0 Å². The molecule has 0 amide bonds. The highest BCUT2D eigenvalue weighted by atomic mass is 16.1. The average Bonchev–Trinajstić information content (AvgIpc) is 3.44. The fourth-order valence-corrected chi connectivity index (χ4v) is 5.54. The van der Waals surface area contributed by atoms with Gasteiger partial charge < -0.3 is 4.98 Å². The average molecular weight is 421 g/mol. The van der Waals surface area contributed by atoms with Crippen molar-refractivity contribution in [1.82, 2.24) is 30.1 Å². The number of hydrogen-bond acceptors (Lipinski definition) is 5. The van der Waals surface area contributed by atoms with Crippen molar-refractivity contribution in [2.45, 2.75) is 71.4 Å². The Morgan fingerprint density at radius 2 is 1.87 bits per heavy atom. The first-order chi connectivity index (χ1) is 15.0. The lowest BCUT2D eigenvalue weighted by molar-refractivity contribution is 0.139. The van der Waals surface area contributed by atoms with Crippen LogP contribution < -0.4 is 5.56 Å². The van der Waals surface area contributed by atoms with E-state index < -0.39 is 0 Å². The van der Waals surface area contributed by atoms with Gasteiger partial charge in [-0.3, -0.25) is 9.69 Å². The van der Waals surface area contributed by atoms with Crippen molar-refractivity contribution in [3.05, 3.63) is 51.1 Å². The molecule has 1 saturated carbocycles. The molecule has 1 aliphatic heterocycles. The lowest BCUT2D eigenvalue weighted by Gasteiger charge is -2.36. The summed E-state index contributed by atoms with van der Waals surface area (Å²) in [6.07, 6.45) is 6.99. The predicted molar refractivity (Wildman–Crippen MR) is 121 cm³/mol. The molecule has 2 aliphatic rings. The van der Waals surface area contributed by atoms with E-state index in [1.54, 1.807) is 0 Å². The zero-order valence-corrected chi connectivity index (χ0v) is 18.8. The highest BCUT2D eigenvalue weighted by molar-refractivity contribution is 5.85. The molecule has 31 heavy (non-hydrogen) atoms. The SMILES string of the molecule is Cc1ccc(C)c2[nH]c(=O)c([C@@H](c3nnnn3C3CCCC3)N3CCC[C@H](C)C3)cc12. The number of aromatic nitrogens is 5. The summed E-state index contributed by atoms with van der Waals surface area (Å²) in [4.78, 5) is 19.0. The molecule has 7 heteroatoms. The Hall–Kier alpha value is -2.54. The van der Waals surface area contributed by atoms with Gasteiger partial charge in [0, 0.05) is 17.5 Å². The summed E-state index contributed by atoms with van der Waals surface area (Å²) in [5, 5.41) is 14.1. The molecular formula is C24H32N6O. The normalized spacial score (nSPS) is 21.7. The van der Waals surface area contributed by atoms with E-state index >= 15 is 0 Å². The highest BCUT2D eigenvalue weighted by Gasteiger charge is 2.34. The summed E-state index contributed by atoms with van der Waals surface area (Å²) in [5.41, 5.74) is 3.90. The Balaban J connectivity index is 1.69. The van der Waals surface area contributed by atoms with Crippen LogP contribution >= 0.6 is 0 Å². The van der Waals surface area contributed by atoms with Gasteiger partial charge in [-0.2, -0.15) is 0 Å². The van der Waals surface area contributed by atoms with Crippen molar-refractivity contribution < 1.29 is 0 Å². The molecule has 1 N–H and O–H groups in total. The number of aryl methyl sites for hydroxylation is 2. The first kappa shape index (κ1) is 20.4. The molecule has 3 aromatic rings. The number of pyridine rings is 1. The van der Waals surface area contributed by atoms with Crippen molar-refractivity contribution in [1.29, 1.82) is 0 Å². The largest absolute Gasteiger partial charge is 0.321 e. The number of rotatable bonds is 4. The Kier molecular flexibility index (Phi) is 5.38. The molecule has 1 aliphatic carbocycles. The third-order valence-corrected chi connectivity index (χ3v) is 7.25. The summed E-state index contributed by atoms with van der Waals surface area (Å²) in [6.45, 7) is 8.34. The van der Waals surface area contributed by atoms with Gasteiger partial charge in [-0.25, -0.2) is 4.68 Å². The Bertz CT molecular complexity index is 1140. The van der Waals surface area contributed by atoms with Gasteiger partial charge in [0.2, 0.25) is 0 Å². The number of piperidine rings is 1. The quantitative estimate of drug-likeness (QED) is 0.688. The third-order valence-electron chi connectivity index (χ3n) is 7.25. The second kappa shape index (κ2) is 8.19. The molecule has 2 fully saturated rings. The second-order valence-electron chi connectivity index (χ2n) is 9.61. The zero-order valence-electron chi connectivity index (χ0n) is 18.8. The maximum absolute atomic E-state index is 13.4. The molecule has 2 atom stereocenters. The van der Waals surface area contributed by atoms with Crippen LogP contribution in [0.4, 0.5) is 0 Å². The number of aromatic amines is 1. The summed E-state index contributed by atoms with van der Waals surface area (Å²) in [5.74, 6) is 1.41. The van der Waals surface area contributed by atoms with Crippen LogP contribution in [0, 0.1) is 19.8 Å². The molecule has 164 valence electrons. The minimum Gasteiger partial charge on any atom is -0.321 e. The second-order valence-corrected chi connectivity index (χ2v) is 9.61. The summed E-state index contributed by atoms with van der Waals surface area (Å²) in [7, 11) is 0. The monoisotopic (exact) mass is 420 g/mol. The number of nitrogens with one attached hydrogen (secondary N) is 1. The van der Waals surface area contributed by atoms with Gasteiger partial charge in [0.25, 0.3) is 5.56 Å². The summed E-state index contributed by atoms with van der Waals surface area (Å²) in [6, 6.07) is 6.39. The van der Waals surface area contributed by atoms with Crippen molar-refractivity contribution in [2.24, 2.45) is 5.92 Å². The number of likely N-dealkylation sites (tertiary alicyclic amines) is 1. The van der Waals surface area contributed by atoms with Crippen molar-refractivity contribution >= 4 is 10.9 Å². The zero-order chi connectivity index (χ0) is 21.5. The minimum atomic E-state index is -0.230. The number of benzene rings is 1. The van der Waals surface area contributed by atoms with E-state index in [2.05, 4.69) is 57.5 Å². The molecule has 1 saturated heterocycles.